The Kier molecular flexibility index (Phi) is 5.64. The van der Waals surface area contributed by atoms with Gasteiger partial charge in [-0.3, -0.25) is 14.3 Å². The Morgan fingerprint density at radius 3 is 2.37 bits per heavy atom. The first-order valence-corrected chi connectivity index (χ1v) is 9.24. The van der Waals surface area contributed by atoms with Gasteiger partial charge in [-0.05, 0) is 41.9 Å². The Morgan fingerprint density at radius 1 is 1.22 bits per heavy atom. The highest BCUT2D eigenvalue weighted by atomic mass is 79.9. The van der Waals surface area contributed by atoms with Crippen molar-refractivity contribution in [2.75, 3.05) is 26.2 Å². The number of piperazine rings is 1. The number of carbonyl (C=O) groups excluding carboxylic acids is 2. The standard InChI is InChI=1S/C17H19BrF2N4O3/c1-10-13(18)14(15(19)20)21-24(10)11(2)16(25)22-5-7-23(8-6-22)17(26)12-4-3-9-27-12/h3-4,9,11,15H,5-8H2,1-2H3/t11-/m0/s1. The first-order valence-electron chi connectivity index (χ1n) is 8.45. The summed E-state index contributed by atoms with van der Waals surface area (Å²) in [5.41, 5.74) is 0.0961. The van der Waals surface area contributed by atoms with Crippen LogP contribution in [0.15, 0.2) is 27.3 Å². The first kappa shape index (κ1) is 19.5. The summed E-state index contributed by atoms with van der Waals surface area (Å²) in [6.07, 6.45) is -1.29. The molecule has 0 unspecified atom stereocenters. The monoisotopic (exact) mass is 444 g/mol. The Hall–Kier alpha value is -2.23. The van der Waals surface area contributed by atoms with E-state index in [-0.39, 0.29) is 27.7 Å². The highest BCUT2D eigenvalue weighted by molar-refractivity contribution is 9.10. The number of alkyl halides is 2. The molecular formula is C17H19BrF2N4O3. The predicted octanol–water partition coefficient (Wildman–Crippen LogP) is 3.03. The average molecular weight is 445 g/mol. The van der Waals surface area contributed by atoms with E-state index in [4.69, 9.17) is 4.42 Å². The van der Waals surface area contributed by atoms with Gasteiger partial charge in [0.05, 0.1) is 16.4 Å². The van der Waals surface area contributed by atoms with Crippen molar-refractivity contribution in [2.45, 2.75) is 26.3 Å². The van der Waals surface area contributed by atoms with Crippen LogP contribution >= 0.6 is 15.9 Å². The summed E-state index contributed by atoms with van der Waals surface area (Å²) in [7, 11) is 0. The number of carbonyl (C=O) groups is 2. The molecule has 3 heterocycles. The van der Waals surface area contributed by atoms with Crippen LogP contribution in [0.5, 0.6) is 0 Å². The smallest absolute Gasteiger partial charge is 0.289 e. The van der Waals surface area contributed by atoms with Crippen molar-refractivity contribution < 1.29 is 22.8 Å². The van der Waals surface area contributed by atoms with Crippen molar-refractivity contribution >= 4 is 27.7 Å². The molecule has 0 saturated carbocycles. The molecule has 146 valence electrons. The number of rotatable bonds is 4. The molecule has 1 atom stereocenters. The van der Waals surface area contributed by atoms with E-state index in [0.717, 1.165) is 0 Å². The summed E-state index contributed by atoms with van der Waals surface area (Å²) in [6.45, 7) is 4.73. The van der Waals surface area contributed by atoms with Crippen LogP contribution in [-0.2, 0) is 4.79 Å². The summed E-state index contributed by atoms with van der Waals surface area (Å²) < 4.78 is 32.7. The lowest BCUT2D eigenvalue weighted by Crippen LogP contribution is -2.52. The molecule has 10 heteroatoms. The lowest BCUT2D eigenvalue weighted by atomic mass is 10.2. The SMILES string of the molecule is Cc1c(Br)c(C(F)F)nn1[C@@H](C)C(=O)N1CCN(C(=O)c2ccco2)CC1. The zero-order chi connectivity index (χ0) is 19.7. The number of halogens is 3. The Balaban J connectivity index is 1.65. The number of furan rings is 1. The maximum atomic E-state index is 13.0. The van der Waals surface area contributed by atoms with Gasteiger partial charge in [0, 0.05) is 26.2 Å². The molecular weight excluding hydrogens is 426 g/mol. The molecule has 0 bridgehead atoms. The highest BCUT2D eigenvalue weighted by Gasteiger charge is 2.31. The first-order chi connectivity index (χ1) is 12.8. The van der Waals surface area contributed by atoms with Crippen LogP contribution in [0, 0.1) is 6.92 Å². The van der Waals surface area contributed by atoms with E-state index in [1.165, 1.54) is 10.9 Å². The summed E-state index contributed by atoms with van der Waals surface area (Å²) in [4.78, 5) is 28.3. The number of amides is 2. The lowest BCUT2D eigenvalue weighted by Gasteiger charge is -2.35. The molecule has 2 amide bonds. The number of nitrogens with zero attached hydrogens (tertiary/aromatic N) is 4. The minimum atomic E-state index is -2.72. The van der Waals surface area contributed by atoms with Crippen molar-refractivity contribution in [1.29, 1.82) is 0 Å². The molecule has 7 nitrogen and oxygen atoms in total. The molecule has 0 radical (unpaired) electrons. The van der Waals surface area contributed by atoms with E-state index in [9.17, 15) is 18.4 Å². The molecule has 2 aromatic rings. The quantitative estimate of drug-likeness (QED) is 0.726. The van der Waals surface area contributed by atoms with Gasteiger partial charge >= 0.3 is 0 Å². The van der Waals surface area contributed by atoms with Gasteiger partial charge in [0.25, 0.3) is 12.3 Å². The van der Waals surface area contributed by atoms with E-state index >= 15 is 0 Å². The van der Waals surface area contributed by atoms with Gasteiger partial charge in [0.1, 0.15) is 11.7 Å². The molecule has 27 heavy (non-hydrogen) atoms. The Bertz CT molecular complexity index is 830. The molecule has 2 aromatic heterocycles. The van der Waals surface area contributed by atoms with Crippen molar-refractivity contribution in [3.05, 3.63) is 40.0 Å². The molecule has 1 fully saturated rings. The van der Waals surface area contributed by atoms with Gasteiger partial charge in [0.15, 0.2) is 5.76 Å². The van der Waals surface area contributed by atoms with E-state index in [1.807, 2.05) is 0 Å². The van der Waals surface area contributed by atoms with Crippen LogP contribution in [-0.4, -0.2) is 57.6 Å². The Morgan fingerprint density at radius 2 is 1.85 bits per heavy atom. The van der Waals surface area contributed by atoms with Crippen molar-refractivity contribution in [3.8, 4) is 0 Å². The molecule has 3 rings (SSSR count). The van der Waals surface area contributed by atoms with Gasteiger partial charge in [-0.2, -0.15) is 5.10 Å². The van der Waals surface area contributed by atoms with Gasteiger partial charge in [0.2, 0.25) is 5.91 Å². The summed E-state index contributed by atoms with van der Waals surface area (Å²) in [6, 6.07) is 2.52. The molecule has 1 aliphatic rings. The summed E-state index contributed by atoms with van der Waals surface area (Å²) in [5.74, 6) is -0.174. The van der Waals surface area contributed by atoms with Gasteiger partial charge in [-0.15, -0.1) is 0 Å². The van der Waals surface area contributed by atoms with Crippen LogP contribution in [0.2, 0.25) is 0 Å². The minimum absolute atomic E-state index is 0.214. The molecule has 0 spiro atoms. The summed E-state index contributed by atoms with van der Waals surface area (Å²) in [5, 5.41) is 3.90. The van der Waals surface area contributed by atoms with Gasteiger partial charge in [-0.1, -0.05) is 0 Å². The number of aromatic nitrogens is 2. The minimum Gasteiger partial charge on any atom is -0.459 e. The summed E-state index contributed by atoms with van der Waals surface area (Å²) >= 11 is 3.12. The van der Waals surface area contributed by atoms with E-state index in [1.54, 1.807) is 35.8 Å². The normalized spacial score (nSPS) is 16.1. The van der Waals surface area contributed by atoms with Crippen LogP contribution in [0.25, 0.3) is 0 Å². The fourth-order valence-corrected chi connectivity index (χ4v) is 3.53. The van der Waals surface area contributed by atoms with E-state index in [0.29, 0.717) is 31.9 Å². The van der Waals surface area contributed by atoms with Gasteiger partial charge in [-0.25, -0.2) is 8.78 Å². The van der Waals surface area contributed by atoms with Crippen LogP contribution in [0.4, 0.5) is 8.78 Å². The van der Waals surface area contributed by atoms with Crippen LogP contribution in [0.1, 0.15) is 41.3 Å². The highest BCUT2D eigenvalue weighted by Crippen LogP contribution is 2.31. The second-order valence-corrected chi connectivity index (χ2v) is 7.09. The van der Waals surface area contributed by atoms with Crippen molar-refractivity contribution in [3.63, 3.8) is 0 Å². The fourth-order valence-electron chi connectivity index (χ4n) is 3.09. The second-order valence-electron chi connectivity index (χ2n) is 6.30. The zero-order valence-corrected chi connectivity index (χ0v) is 16.4. The zero-order valence-electron chi connectivity index (χ0n) is 14.9. The number of hydrogen-bond donors (Lipinski definition) is 0. The molecule has 0 aromatic carbocycles. The predicted molar refractivity (Wildman–Crippen MR) is 95.5 cm³/mol. The molecule has 0 aliphatic carbocycles. The van der Waals surface area contributed by atoms with Crippen molar-refractivity contribution in [1.82, 2.24) is 19.6 Å². The third kappa shape index (κ3) is 3.76. The fraction of sp³-hybridized carbons (Fsp3) is 0.471. The van der Waals surface area contributed by atoms with Crippen LogP contribution in [0.3, 0.4) is 0 Å². The van der Waals surface area contributed by atoms with E-state index in [2.05, 4.69) is 21.0 Å². The molecule has 1 saturated heterocycles. The van der Waals surface area contributed by atoms with Gasteiger partial charge < -0.3 is 14.2 Å². The van der Waals surface area contributed by atoms with Crippen LogP contribution < -0.4 is 0 Å². The van der Waals surface area contributed by atoms with Crippen molar-refractivity contribution in [2.24, 2.45) is 0 Å². The molecule has 1 aliphatic heterocycles. The maximum Gasteiger partial charge on any atom is 0.289 e. The third-order valence-electron chi connectivity index (χ3n) is 4.64. The largest absolute Gasteiger partial charge is 0.459 e. The number of hydrogen-bond acceptors (Lipinski definition) is 4. The molecule has 0 N–H and O–H groups in total. The second kappa shape index (κ2) is 7.79. The third-order valence-corrected chi connectivity index (χ3v) is 5.62. The average Bonchev–Trinajstić information content (AvgIpc) is 3.30. The Labute approximate surface area is 163 Å². The maximum absolute atomic E-state index is 13.0. The van der Waals surface area contributed by atoms with E-state index < -0.39 is 12.5 Å². The topological polar surface area (TPSA) is 71.6 Å². The lowest BCUT2D eigenvalue weighted by molar-refractivity contribution is -0.136.